The first kappa shape index (κ1) is 12.9. The minimum Gasteiger partial charge on any atom is -0.478 e. The minimum atomic E-state index is -1.12. The summed E-state index contributed by atoms with van der Waals surface area (Å²) >= 11 is 0. The number of carboxylic acids is 1. The van der Waals surface area contributed by atoms with Crippen LogP contribution in [0.25, 0.3) is 0 Å². The Kier molecular flexibility index (Phi) is 4.56. The fourth-order valence-electron chi connectivity index (χ4n) is 1.06. The number of carbonyl (C=O) groups is 2. The molecule has 0 bridgehead atoms. The van der Waals surface area contributed by atoms with Crippen molar-refractivity contribution in [2.75, 3.05) is 5.73 Å². The van der Waals surface area contributed by atoms with Gasteiger partial charge in [-0.05, 0) is 19.1 Å². The van der Waals surface area contributed by atoms with Crippen LogP contribution in [0.4, 0.5) is 5.69 Å². The third kappa shape index (κ3) is 2.45. The number of nitrogen functional groups attached to an aromatic ring is 1. The number of ketones is 1. The van der Waals surface area contributed by atoms with Crippen molar-refractivity contribution in [2.24, 2.45) is 0 Å². The van der Waals surface area contributed by atoms with Crippen LogP contribution in [0.1, 0.15) is 27.6 Å². The van der Waals surface area contributed by atoms with E-state index in [1.54, 1.807) is 0 Å². The van der Waals surface area contributed by atoms with Crippen LogP contribution < -0.4 is 5.73 Å². The van der Waals surface area contributed by atoms with Crippen molar-refractivity contribution in [2.45, 2.75) is 6.92 Å². The van der Waals surface area contributed by atoms with Crippen LogP contribution in [0.3, 0.4) is 0 Å². The Labute approximate surface area is 96.6 Å². The van der Waals surface area contributed by atoms with Gasteiger partial charge in [-0.3, -0.25) is 4.79 Å². The van der Waals surface area contributed by atoms with Gasteiger partial charge in [0.25, 0.3) is 0 Å². The van der Waals surface area contributed by atoms with Crippen molar-refractivity contribution < 1.29 is 37.1 Å². The fourth-order valence-corrected chi connectivity index (χ4v) is 1.06. The van der Waals surface area contributed by atoms with Crippen molar-refractivity contribution in [1.82, 2.24) is 0 Å². The van der Waals surface area contributed by atoms with Crippen LogP contribution in [0.2, 0.25) is 0 Å². The molecule has 0 saturated heterocycles. The molecule has 0 aliphatic rings. The molecular formula is C9H9AgNO3. The summed E-state index contributed by atoms with van der Waals surface area (Å²) in [5.74, 6) is -1.36. The van der Waals surface area contributed by atoms with Crippen molar-refractivity contribution >= 4 is 17.4 Å². The summed E-state index contributed by atoms with van der Waals surface area (Å²) in [7, 11) is 0. The van der Waals surface area contributed by atoms with E-state index in [9.17, 15) is 9.59 Å². The molecule has 1 rings (SSSR count). The molecule has 0 fully saturated rings. The molecule has 0 spiro atoms. The van der Waals surface area contributed by atoms with Crippen molar-refractivity contribution in [3.8, 4) is 0 Å². The predicted molar refractivity (Wildman–Crippen MR) is 47.8 cm³/mol. The first-order valence-electron chi connectivity index (χ1n) is 3.66. The molecule has 0 aliphatic carbocycles. The van der Waals surface area contributed by atoms with Gasteiger partial charge in [0.1, 0.15) is 0 Å². The van der Waals surface area contributed by atoms with Crippen LogP contribution >= 0.6 is 0 Å². The Morgan fingerprint density at radius 3 is 2.21 bits per heavy atom. The van der Waals surface area contributed by atoms with Crippen LogP contribution in [0.15, 0.2) is 18.2 Å². The minimum absolute atomic E-state index is 0. The van der Waals surface area contributed by atoms with Gasteiger partial charge < -0.3 is 10.8 Å². The molecule has 1 aromatic rings. The molecule has 1 radical (unpaired) electrons. The van der Waals surface area contributed by atoms with E-state index in [0.29, 0.717) is 0 Å². The molecule has 0 atom stereocenters. The van der Waals surface area contributed by atoms with E-state index in [4.69, 9.17) is 10.8 Å². The summed E-state index contributed by atoms with van der Waals surface area (Å²) in [6.45, 7) is 1.34. The Bertz CT molecular complexity index is 344. The topological polar surface area (TPSA) is 80.4 Å². The van der Waals surface area contributed by atoms with E-state index in [-0.39, 0.29) is 45.0 Å². The first-order valence-corrected chi connectivity index (χ1v) is 3.66. The van der Waals surface area contributed by atoms with Crippen molar-refractivity contribution in [3.63, 3.8) is 0 Å². The standard InChI is InChI=1S/C9H9NO3.Ag/c1-5(11)6-3-2-4-7(8(6)10)9(12)13;/h2-4H,10H2,1H3,(H,12,13);. The molecule has 14 heavy (non-hydrogen) atoms. The molecule has 79 valence electrons. The third-order valence-electron chi connectivity index (χ3n) is 1.72. The number of hydrogen-bond donors (Lipinski definition) is 2. The number of aromatic carboxylic acids is 1. The zero-order valence-electron chi connectivity index (χ0n) is 7.37. The normalized spacial score (nSPS) is 8.93. The van der Waals surface area contributed by atoms with Gasteiger partial charge in [-0.1, -0.05) is 6.07 Å². The van der Waals surface area contributed by atoms with Gasteiger partial charge in [-0.15, -0.1) is 0 Å². The van der Waals surface area contributed by atoms with E-state index in [1.165, 1.54) is 25.1 Å². The summed E-state index contributed by atoms with van der Waals surface area (Å²) in [5, 5.41) is 8.68. The summed E-state index contributed by atoms with van der Waals surface area (Å²) in [6.07, 6.45) is 0. The van der Waals surface area contributed by atoms with Crippen molar-refractivity contribution in [1.29, 1.82) is 0 Å². The van der Waals surface area contributed by atoms with Crippen LogP contribution in [-0.2, 0) is 22.4 Å². The molecule has 0 saturated carbocycles. The van der Waals surface area contributed by atoms with E-state index in [0.717, 1.165) is 0 Å². The van der Waals surface area contributed by atoms with Gasteiger partial charge in [0.15, 0.2) is 5.78 Å². The monoisotopic (exact) mass is 286 g/mol. The Hall–Kier alpha value is -1.10. The SMILES string of the molecule is CC(=O)c1cccc(C(=O)O)c1N.[Ag]. The Balaban J connectivity index is 0.00000169. The molecule has 5 heteroatoms. The number of para-hydroxylation sites is 1. The summed E-state index contributed by atoms with van der Waals surface area (Å²) in [5.41, 5.74) is 5.73. The Morgan fingerprint density at radius 2 is 1.79 bits per heavy atom. The fraction of sp³-hybridized carbons (Fsp3) is 0.111. The van der Waals surface area contributed by atoms with E-state index in [1.807, 2.05) is 0 Å². The largest absolute Gasteiger partial charge is 0.478 e. The molecule has 1 aromatic carbocycles. The molecule has 3 N–H and O–H groups in total. The molecular weight excluding hydrogens is 278 g/mol. The summed E-state index contributed by atoms with van der Waals surface area (Å²) < 4.78 is 0. The summed E-state index contributed by atoms with van der Waals surface area (Å²) in [4.78, 5) is 21.6. The average Bonchev–Trinajstić information content (AvgIpc) is 2.03. The Morgan fingerprint density at radius 1 is 1.29 bits per heavy atom. The smallest absolute Gasteiger partial charge is 0.337 e. The maximum atomic E-state index is 11.0. The second-order valence-electron chi connectivity index (χ2n) is 2.63. The van der Waals surface area contributed by atoms with E-state index < -0.39 is 5.97 Å². The maximum Gasteiger partial charge on any atom is 0.337 e. The molecule has 0 aromatic heterocycles. The molecule has 4 nitrogen and oxygen atoms in total. The van der Waals surface area contributed by atoms with Gasteiger partial charge in [0.05, 0.1) is 11.3 Å². The number of benzene rings is 1. The molecule has 0 unspecified atom stereocenters. The third-order valence-corrected chi connectivity index (χ3v) is 1.72. The van der Waals surface area contributed by atoms with Gasteiger partial charge >= 0.3 is 5.97 Å². The second kappa shape index (κ2) is 4.95. The quantitative estimate of drug-likeness (QED) is 0.486. The van der Waals surface area contributed by atoms with Crippen molar-refractivity contribution in [3.05, 3.63) is 29.3 Å². The van der Waals surface area contributed by atoms with Gasteiger partial charge in [-0.2, -0.15) is 0 Å². The van der Waals surface area contributed by atoms with Crippen LogP contribution in [0, 0.1) is 0 Å². The van der Waals surface area contributed by atoms with Crippen LogP contribution in [0.5, 0.6) is 0 Å². The summed E-state index contributed by atoms with van der Waals surface area (Å²) in [6, 6.07) is 4.37. The number of anilines is 1. The average molecular weight is 287 g/mol. The number of Topliss-reactive ketones (excluding diaryl/α,β-unsaturated/α-hetero) is 1. The molecule has 0 aliphatic heterocycles. The van der Waals surface area contributed by atoms with E-state index >= 15 is 0 Å². The predicted octanol–water partition coefficient (Wildman–Crippen LogP) is 1.17. The zero-order chi connectivity index (χ0) is 10.0. The zero-order valence-corrected chi connectivity index (χ0v) is 8.86. The van der Waals surface area contributed by atoms with Crippen LogP contribution in [-0.4, -0.2) is 16.9 Å². The maximum absolute atomic E-state index is 11.0. The van der Waals surface area contributed by atoms with E-state index in [2.05, 4.69) is 0 Å². The number of hydrogen-bond acceptors (Lipinski definition) is 3. The first-order chi connectivity index (χ1) is 6.04. The van der Waals surface area contributed by atoms with Gasteiger partial charge in [0, 0.05) is 27.9 Å². The molecule has 0 amide bonds. The second-order valence-corrected chi connectivity index (χ2v) is 2.63. The molecule has 0 heterocycles. The number of nitrogens with two attached hydrogens (primary N) is 1. The number of rotatable bonds is 2. The number of carboxylic acid groups (broad SMARTS) is 1. The van der Waals surface area contributed by atoms with Gasteiger partial charge in [0.2, 0.25) is 0 Å². The van der Waals surface area contributed by atoms with Gasteiger partial charge in [-0.25, -0.2) is 4.79 Å². The number of carbonyl (C=O) groups excluding carboxylic acids is 1.